The van der Waals surface area contributed by atoms with Gasteiger partial charge in [-0.3, -0.25) is 0 Å². The summed E-state index contributed by atoms with van der Waals surface area (Å²) < 4.78 is 2.34. The van der Waals surface area contributed by atoms with Gasteiger partial charge in [0.05, 0.1) is 0 Å². The van der Waals surface area contributed by atoms with Crippen LogP contribution in [0, 0.1) is 5.92 Å². The van der Waals surface area contributed by atoms with Crippen LogP contribution in [0.15, 0.2) is 5.16 Å². The molecule has 106 valence electrons. The van der Waals surface area contributed by atoms with E-state index >= 15 is 0 Å². The summed E-state index contributed by atoms with van der Waals surface area (Å²) in [5, 5.41) is 9.85. The minimum Gasteiger partial charge on any atom is -0.327 e. The highest BCUT2D eigenvalue weighted by molar-refractivity contribution is 7.99. The van der Waals surface area contributed by atoms with Crippen molar-refractivity contribution in [2.24, 2.45) is 11.7 Å². The van der Waals surface area contributed by atoms with Crippen molar-refractivity contribution < 1.29 is 0 Å². The second kappa shape index (κ2) is 6.27. The Labute approximate surface area is 119 Å². The fourth-order valence-electron chi connectivity index (χ4n) is 3.29. The van der Waals surface area contributed by atoms with E-state index < -0.39 is 0 Å². The predicted molar refractivity (Wildman–Crippen MR) is 78.2 cm³/mol. The van der Waals surface area contributed by atoms with Crippen LogP contribution in [-0.4, -0.2) is 26.6 Å². The summed E-state index contributed by atoms with van der Waals surface area (Å²) in [5.74, 6) is 3.06. The van der Waals surface area contributed by atoms with Gasteiger partial charge in [-0.15, -0.1) is 10.2 Å². The lowest BCUT2D eigenvalue weighted by Gasteiger charge is -2.14. The Bertz CT molecular complexity index is 418. The lowest BCUT2D eigenvalue weighted by atomic mass is 10.0. The molecular weight excluding hydrogens is 256 g/mol. The summed E-state index contributed by atoms with van der Waals surface area (Å²) in [5.41, 5.74) is 6.13. The van der Waals surface area contributed by atoms with Gasteiger partial charge in [-0.2, -0.15) is 0 Å². The lowest BCUT2D eigenvalue weighted by molar-refractivity contribution is 0.470. The predicted octanol–water partition coefficient (Wildman–Crippen LogP) is 2.61. The molecule has 0 aromatic carbocycles. The van der Waals surface area contributed by atoms with Crippen molar-refractivity contribution >= 4 is 11.8 Å². The molecule has 19 heavy (non-hydrogen) atoms. The quantitative estimate of drug-likeness (QED) is 0.861. The number of nitrogens with zero attached hydrogens (tertiary/aromatic N) is 3. The summed E-state index contributed by atoms with van der Waals surface area (Å²) >= 11 is 1.87. The molecule has 2 atom stereocenters. The van der Waals surface area contributed by atoms with Gasteiger partial charge >= 0.3 is 0 Å². The summed E-state index contributed by atoms with van der Waals surface area (Å²) in [4.78, 5) is 0. The van der Waals surface area contributed by atoms with E-state index in [0.717, 1.165) is 29.8 Å². The molecule has 4 nitrogen and oxygen atoms in total. The second-order valence-corrected chi connectivity index (χ2v) is 6.92. The molecule has 1 fully saturated rings. The monoisotopic (exact) mass is 280 g/mol. The zero-order valence-corrected chi connectivity index (χ0v) is 12.4. The molecule has 0 radical (unpaired) electrons. The van der Waals surface area contributed by atoms with Gasteiger partial charge in [0.1, 0.15) is 5.82 Å². The Balaban J connectivity index is 1.54. The first-order chi connectivity index (χ1) is 9.34. The average Bonchev–Trinajstić information content (AvgIpc) is 2.90. The topological polar surface area (TPSA) is 56.7 Å². The van der Waals surface area contributed by atoms with Gasteiger partial charge in [-0.1, -0.05) is 24.6 Å². The molecule has 3 rings (SSSR count). The van der Waals surface area contributed by atoms with Crippen LogP contribution in [0.3, 0.4) is 0 Å². The van der Waals surface area contributed by atoms with E-state index in [1.165, 1.54) is 50.8 Å². The van der Waals surface area contributed by atoms with Crippen LogP contribution < -0.4 is 5.73 Å². The largest absolute Gasteiger partial charge is 0.327 e. The summed E-state index contributed by atoms with van der Waals surface area (Å²) in [7, 11) is 0. The van der Waals surface area contributed by atoms with Crippen molar-refractivity contribution in [3.8, 4) is 0 Å². The highest BCUT2D eigenvalue weighted by Gasteiger charge is 2.23. The number of aromatic nitrogens is 3. The van der Waals surface area contributed by atoms with Crippen molar-refractivity contribution in [3.63, 3.8) is 0 Å². The van der Waals surface area contributed by atoms with Crippen LogP contribution in [-0.2, 0) is 13.0 Å². The van der Waals surface area contributed by atoms with Crippen molar-refractivity contribution in [1.29, 1.82) is 0 Å². The maximum absolute atomic E-state index is 6.13. The van der Waals surface area contributed by atoms with Crippen LogP contribution in [0.25, 0.3) is 0 Å². The molecule has 0 saturated heterocycles. The Morgan fingerprint density at radius 1 is 1.16 bits per heavy atom. The molecule has 2 unspecified atom stereocenters. The van der Waals surface area contributed by atoms with E-state index in [-0.39, 0.29) is 0 Å². The fourth-order valence-corrected chi connectivity index (χ4v) is 4.34. The van der Waals surface area contributed by atoms with E-state index in [0.29, 0.717) is 6.04 Å². The SMILES string of the molecule is NC1CCCC1CCSc1nnc2n1CCCCC2. The zero-order valence-electron chi connectivity index (χ0n) is 11.6. The number of nitrogens with two attached hydrogens (primary N) is 1. The molecular formula is C14H24N4S. The summed E-state index contributed by atoms with van der Waals surface area (Å²) in [6.07, 6.45) is 10.0. The molecule has 1 aromatic rings. The Kier molecular flexibility index (Phi) is 4.43. The number of hydrogen-bond donors (Lipinski definition) is 1. The number of thioether (sulfide) groups is 1. The summed E-state index contributed by atoms with van der Waals surface area (Å²) in [6, 6.07) is 0.441. The van der Waals surface area contributed by atoms with Crippen molar-refractivity contribution in [2.45, 2.75) is 69.1 Å². The minimum atomic E-state index is 0.441. The van der Waals surface area contributed by atoms with Crippen LogP contribution in [0.1, 0.15) is 50.8 Å². The fraction of sp³-hybridized carbons (Fsp3) is 0.857. The smallest absolute Gasteiger partial charge is 0.191 e. The maximum atomic E-state index is 6.13. The molecule has 5 heteroatoms. The normalized spacial score (nSPS) is 27.2. The van der Waals surface area contributed by atoms with Crippen molar-refractivity contribution in [1.82, 2.24) is 14.8 Å². The first kappa shape index (κ1) is 13.4. The Morgan fingerprint density at radius 3 is 2.95 bits per heavy atom. The molecule has 2 aliphatic rings. The first-order valence-electron chi connectivity index (χ1n) is 7.65. The third-order valence-corrected chi connectivity index (χ3v) is 5.51. The molecule has 1 aromatic heterocycles. The Morgan fingerprint density at radius 2 is 2.11 bits per heavy atom. The molecule has 0 amide bonds. The minimum absolute atomic E-state index is 0.441. The first-order valence-corrected chi connectivity index (χ1v) is 8.63. The van der Waals surface area contributed by atoms with E-state index in [4.69, 9.17) is 5.73 Å². The van der Waals surface area contributed by atoms with E-state index in [1.807, 2.05) is 11.8 Å². The van der Waals surface area contributed by atoms with Crippen molar-refractivity contribution in [2.75, 3.05) is 5.75 Å². The molecule has 0 spiro atoms. The highest BCUT2D eigenvalue weighted by atomic mass is 32.2. The zero-order chi connectivity index (χ0) is 13.1. The number of rotatable bonds is 4. The molecule has 2 N–H and O–H groups in total. The van der Waals surface area contributed by atoms with Crippen molar-refractivity contribution in [3.05, 3.63) is 5.82 Å². The van der Waals surface area contributed by atoms with Gasteiger partial charge in [0.15, 0.2) is 5.16 Å². The van der Waals surface area contributed by atoms with E-state index in [9.17, 15) is 0 Å². The van der Waals surface area contributed by atoms with Gasteiger partial charge in [-0.05, 0) is 38.0 Å². The van der Waals surface area contributed by atoms with Gasteiger partial charge < -0.3 is 10.3 Å². The van der Waals surface area contributed by atoms with Crippen LogP contribution in [0.2, 0.25) is 0 Å². The molecule has 1 aliphatic carbocycles. The van der Waals surface area contributed by atoms with Gasteiger partial charge in [-0.25, -0.2) is 0 Å². The maximum Gasteiger partial charge on any atom is 0.191 e. The third kappa shape index (κ3) is 3.14. The van der Waals surface area contributed by atoms with Crippen LogP contribution >= 0.6 is 11.8 Å². The van der Waals surface area contributed by atoms with Crippen LogP contribution in [0.4, 0.5) is 0 Å². The average molecular weight is 280 g/mol. The van der Waals surface area contributed by atoms with E-state index in [1.54, 1.807) is 0 Å². The Hall–Kier alpha value is -0.550. The lowest BCUT2D eigenvalue weighted by Crippen LogP contribution is -2.24. The van der Waals surface area contributed by atoms with Gasteiger partial charge in [0, 0.05) is 24.8 Å². The highest BCUT2D eigenvalue weighted by Crippen LogP contribution is 2.30. The number of aryl methyl sites for hydroxylation is 1. The number of fused-ring (bicyclic) bond motifs is 1. The molecule has 0 bridgehead atoms. The van der Waals surface area contributed by atoms with Gasteiger partial charge in [0.25, 0.3) is 0 Å². The second-order valence-electron chi connectivity index (χ2n) is 5.85. The van der Waals surface area contributed by atoms with Gasteiger partial charge in [0.2, 0.25) is 0 Å². The molecule has 1 saturated carbocycles. The third-order valence-electron chi connectivity index (χ3n) is 4.51. The van der Waals surface area contributed by atoms with Crippen LogP contribution in [0.5, 0.6) is 0 Å². The summed E-state index contributed by atoms with van der Waals surface area (Å²) in [6.45, 7) is 1.10. The van der Waals surface area contributed by atoms with E-state index in [2.05, 4.69) is 14.8 Å². The molecule has 2 heterocycles. The standard InChI is InChI=1S/C14H24N4S/c15-12-6-4-5-11(12)8-10-19-14-17-16-13-7-2-1-3-9-18(13)14/h11-12H,1-10,15H2. The molecule has 1 aliphatic heterocycles. The number of hydrogen-bond acceptors (Lipinski definition) is 4.